The third-order valence-electron chi connectivity index (χ3n) is 5.09. The van der Waals surface area contributed by atoms with Gasteiger partial charge in [-0.25, -0.2) is 9.59 Å². The molecule has 1 aliphatic heterocycles. The van der Waals surface area contributed by atoms with Crippen molar-refractivity contribution in [3.05, 3.63) is 97.1 Å². The fourth-order valence-corrected chi connectivity index (χ4v) is 3.72. The van der Waals surface area contributed by atoms with Crippen LogP contribution in [0, 0.1) is 0 Å². The van der Waals surface area contributed by atoms with Gasteiger partial charge in [0.15, 0.2) is 0 Å². The standard InChI is InChI=1S/C25H29N3O4/c1-3-15-31-24(29)22(20-11-7-5-8-12-20)27-17-26-18-28(19-27)23(25(30)32-16-4-2)21-13-9-6-10-14-21/h3-14,22-23,26H,1-2,15-19H2/t22-,23-/m1/s1. The summed E-state index contributed by atoms with van der Waals surface area (Å²) >= 11 is 0. The van der Waals surface area contributed by atoms with Crippen molar-refractivity contribution < 1.29 is 19.1 Å². The number of ether oxygens (including phenoxy) is 2. The average molecular weight is 436 g/mol. The van der Waals surface area contributed by atoms with E-state index in [0.717, 1.165) is 11.1 Å². The Morgan fingerprint density at radius 3 is 1.59 bits per heavy atom. The normalized spacial score (nSPS) is 16.5. The van der Waals surface area contributed by atoms with E-state index in [0.29, 0.717) is 20.0 Å². The molecule has 0 aliphatic carbocycles. The van der Waals surface area contributed by atoms with E-state index in [2.05, 4.69) is 18.5 Å². The van der Waals surface area contributed by atoms with Crippen LogP contribution in [-0.4, -0.2) is 55.0 Å². The maximum absolute atomic E-state index is 13.0. The average Bonchev–Trinajstić information content (AvgIpc) is 2.83. The second-order valence-electron chi connectivity index (χ2n) is 7.35. The van der Waals surface area contributed by atoms with Gasteiger partial charge in [-0.1, -0.05) is 86.0 Å². The number of hydrogen-bond acceptors (Lipinski definition) is 7. The monoisotopic (exact) mass is 435 g/mol. The van der Waals surface area contributed by atoms with Crippen molar-refractivity contribution >= 4 is 11.9 Å². The van der Waals surface area contributed by atoms with Crippen LogP contribution in [0.2, 0.25) is 0 Å². The van der Waals surface area contributed by atoms with E-state index in [1.54, 1.807) is 12.2 Å². The van der Waals surface area contributed by atoms with Gasteiger partial charge in [-0.05, 0) is 11.1 Å². The van der Waals surface area contributed by atoms with E-state index in [9.17, 15) is 9.59 Å². The lowest BCUT2D eigenvalue weighted by molar-refractivity contribution is -0.156. The molecule has 0 unspecified atom stereocenters. The van der Waals surface area contributed by atoms with Crippen molar-refractivity contribution in [1.29, 1.82) is 0 Å². The lowest BCUT2D eigenvalue weighted by Crippen LogP contribution is -2.57. The van der Waals surface area contributed by atoms with Crippen LogP contribution >= 0.6 is 0 Å². The Bertz CT molecular complexity index is 830. The summed E-state index contributed by atoms with van der Waals surface area (Å²) in [6.07, 6.45) is 3.09. The number of carbonyl (C=O) groups is 2. The highest BCUT2D eigenvalue weighted by molar-refractivity contribution is 5.78. The first kappa shape index (κ1) is 23.4. The van der Waals surface area contributed by atoms with Crippen LogP contribution in [0.1, 0.15) is 23.2 Å². The number of benzene rings is 2. The Labute approximate surface area is 188 Å². The van der Waals surface area contributed by atoms with Crippen molar-refractivity contribution in [2.75, 3.05) is 33.2 Å². The minimum Gasteiger partial charge on any atom is -0.460 e. The molecule has 1 N–H and O–H groups in total. The van der Waals surface area contributed by atoms with Crippen LogP contribution in [0.25, 0.3) is 0 Å². The number of carbonyl (C=O) groups excluding carboxylic acids is 2. The van der Waals surface area contributed by atoms with Crippen molar-refractivity contribution in [3.8, 4) is 0 Å². The highest BCUT2D eigenvalue weighted by Gasteiger charge is 2.37. The molecule has 0 radical (unpaired) electrons. The molecule has 3 rings (SSSR count). The quantitative estimate of drug-likeness (QED) is 0.454. The first-order valence-corrected chi connectivity index (χ1v) is 10.5. The lowest BCUT2D eigenvalue weighted by atomic mass is 10.0. The molecule has 1 aliphatic rings. The highest BCUT2D eigenvalue weighted by atomic mass is 16.5. The summed E-state index contributed by atoms with van der Waals surface area (Å²) in [6.45, 7) is 8.79. The number of nitrogens with zero attached hydrogens (tertiary/aromatic N) is 2. The van der Waals surface area contributed by atoms with Crippen LogP contribution in [-0.2, 0) is 19.1 Å². The smallest absolute Gasteiger partial charge is 0.328 e. The van der Waals surface area contributed by atoms with E-state index in [1.807, 2.05) is 70.5 Å². The van der Waals surface area contributed by atoms with Crippen LogP contribution < -0.4 is 5.32 Å². The van der Waals surface area contributed by atoms with Gasteiger partial charge in [0.1, 0.15) is 25.3 Å². The summed E-state index contributed by atoms with van der Waals surface area (Å²) in [7, 11) is 0. The molecule has 2 aromatic rings. The molecule has 2 aromatic carbocycles. The molecule has 0 aromatic heterocycles. The Morgan fingerprint density at radius 2 is 1.22 bits per heavy atom. The molecular formula is C25H29N3O4. The molecule has 0 amide bonds. The molecule has 1 heterocycles. The van der Waals surface area contributed by atoms with E-state index in [4.69, 9.17) is 9.47 Å². The third-order valence-corrected chi connectivity index (χ3v) is 5.09. The van der Waals surface area contributed by atoms with Crippen molar-refractivity contribution in [1.82, 2.24) is 15.1 Å². The topological polar surface area (TPSA) is 71.1 Å². The van der Waals surface area contributed by atoms with Gasteiger partial charge >= 0.3 is 11.9 Å². The summed E-state index contributed by atoms with van der Waals surface area (Å²) in [5.74, 6) is -0.740. The molecule has 168 valence electrons. The van der Waals surface area contributed by atoms with Gasteiger partial charge in [0, 0.05) is 0 Å². The third kappa shape index (κ3) is 5.91. The molecule has 32 heavy (non-hydrogen) atoms. The van der Waals surface area contributed by atoms with Crippen molar-refractivity contribution in [3.63, 3.8) is 0 Å². The van der Waals surface area contributed by atoms with Crippen molar-refractivity contribution in [2.24, 2.45) is 0 Å². The molecule has 7 nitrogen and oxygen atoms in total. The minimum absolute atomic E-state index is 0.133. The zero-order valence-corrected chi connectivity index (χ0v) is 18.1. The predicted molar refractivity (Wildman–Crippen MR) is 122 cm³/mol. The first-order valence-electron chi connectivity index (χ1n) is 10.5. The number of hydrogen-bond donors (Lipinski definition) is 1. The summed E-state index contributed by atoms with van der Waals surface area (Å²) in [6, 6.07) is 17.7. The molecule has 1 fully saturated rings. The lowest BCUT2D eigenvalue weighted by Gasteiger charge is -2.42. The van der Waals surface area contributed by atoms with Gasteiger partial charge in [-0.3, -0.25) is 15.1 Å². The van der Waals surface area contributed by atoms with E-state index in [1.165, 1.54) is 0 Å². The summed E-state index contributed by atoms with van der Waals surface area (Å²) in [4.78, 5) is 29.8. The zero-order valence-electron chi connectivity index (χ0n) is 18.1. The van der Waals surface area contributed by atoms with Gasteiger partial charge in [-0.2, -0.15) is 0 Å². The van der Waals surface area contributed by atoms with E-state index in [-0.39, 0.29) is 25.2 Å². The van der Waals surface area contributed by atoms with Crippen molar-refractivity contribution in [2.45, 2.75) is 12.1 Å². The molecule has 1 saturated heterocycles. The Balaban J connectivity index is 1.88. The van der Waals surface area contributed by atoms with E-state index >= 15 is 0 Å². The van der Waals surface area contributed by atoms with Crippen LogP contribution in [0.4, 0.5) is 0 Å². The zero-order chi connectivity index (χ0) is 22.8. The molecule has 0 saturated carbocycles. The maximum atomic E-state index is 13.0. The summed E-state index contributed by atoms with van der Waals surface area (Å²) in [5.41, 5.74) is 1.63. The molecule has 0 spiro atoms. The Hall–Kier alpha value is -3.26. The maximum Gasteiger partial charge on any atom is 0.328 e. The number of rotatable bonds is 10. The predicted octanol–water partition coefficient (Wildman–Crippen LogP) is 3.01. The SMILES string of the molecule is C=CCOC(=O)[C@@H](c1ccccc1)N1CNCN([C@@H](C(=O)OCC=C)c2ccccc2)C1. The van der Waals surface area contributed by atoms with Gasteiger partial charge in [0.05, 0.1) is 20.0 Å². The molecule has 0 bridgehead atoms. The minimum atomic E-state index is -0.632. The Kier molecular flexibility index (Phi) is 8.74. The molecule has 7 heteroatoms. The second-order valence-corrected chi connectivity index (χ2v) is 7.35. The highest BCUT2D eigenvalue weighted by Crippen LogP contribution is 2.28. The summed E-state index contributed by atoms with van der Waals surface area (Å²) < 4.78 is 10.8. The van der Waals surface area contributed by atoms with E-state index < -0.39 is 12.1 Å². The first-order chi connectivity index (χ1) is 15.7. The van der Waals surface area contributed by atoms with Gasteiger partial charge in [0.25, 0.3) is 0 Å². The number of esters is 2. The van der Waals surface area contributed by atoms with Gasteiger partial charge in [-0.15, -0.1) is 0 Å². The number of nitrogens with one attached hydrogen (secondary N) is 1. The van der Waals surface area contributed by atoms with Crippen LogP contribution in [0.3, 0.4) is 0 Å². The van der Waals surface area contributed by atoms with Crippen LogP contribution in [0.5, 0.6) is 0 Å². The van der Waals surface area contributed by atoms with Gasteiger partial charge in [0.2, 0.25) is 0 Å². The van der Waals surface area contributed by atoms with Gasteiger partial charge < -0.3 is 9.47 Å². The second kappa shape index (κ2) is 12.0. The largest absolute Gasteiger partial charge is 0.460 e. The fourth-order valence-electron chi connectivity index (χ4n) is 3.72. The van der Waals surface area contributed by atoms with Crippen LogP contribution in [0.15, 0.2) is 86.0 Å². The molecule has 2 atom stereocenters. The Morgan fingerprint density at radius 1 is 0.812 bits per heavy atom. The molecular weight excluding hydrogens is 406 g/mol. The fraction of sp³-hybridized carbons (Fsp3) is 0.280. The summed E-state index contributed by atoms with van der Waals surface area (Å²) in [5, 5.41) is 3.30.